The molecule has 0 N–H and O–H groups in total. The van der Waals surface area contributed by atoms with E-state index in [2.05, 4.69) is 54.8 Å². The summed E-state index contributed by atoms with van der Waals surface area (Å²) in [5.74, 6) is 0.872. The maximum Gasteiger partial charge on any atom is 0.257 e. The van der Waals surface area contributed by atoms with Crippen molar-refractivity contribution >= 4 is 11.6 Å². The smallest absolute Gasteiger partial charge is 0.257 e. The number of anilines is 1. The molecule has 2 aromatic rings. The molecular formula is C22H29N3O2. The molecule has 5 nitrogen and oxygen atoms in total. The molecule has 144 valence electrons. The van der Waals surface area contributed by atoms with Crippen LogP contribution >= 0.6 is 0 Å². The van der Waals surface area contributed by atoms with Gasteiger partial charge < -0.3 is 14.2 Å². The second kappa shape index (κ2) is 7.39. The highest BCUT2D eigenvalue weighted by atomic mass is 16.3. The second-order valence-electron chi connectivity index (χ2n) is 7.99. The van der Waals surface area contributed by atoms with Gasteiger partial charge in [0.25, 0.3) is 5.91 Å². The predicted octanol–water partition coefficient (Wildman–Crippen LogP) is 3.40. The van der Waals surface area contributed by atoms with E-state index in [0.717, 1.165) is 38.4 Å². The van der Waals surface area contributed by atoms with Crippen LogP contribution in [0.15, 0.2) is 41.0 Å². The highest BCUT2D eigenvalue weighted by molar-refractivity contribution is 5.95. The molecule has 5 heteroatoms. The van der Waals surface area contributed by atoms with Crippen molar-refractivity contribution in [2.45, 2.75) is 45.8 Å². The van der Waals surface area contributed by atoms with Gasteiger partial charge in [0, 0.05) is 44.0 Å². The largest absolute Gasteiger partial charge is 0.467 e. The van der Waals surface area contributed by atoms with E-state index in [0.29, 0.717) is 24.2 Å². The number of rotatable bonds is 4. The zero-order valence-electron chi connectivity index (χ0n) is 16.5. The van der Waals surface area contributed by atoms with Crippen LogP contribution < -0.4 is 4.90 Å². The number of hydrogen-bond donors (Lipinski definition) is 0. The summed E-state index contributed by atoms with van der Waals surface area (Å²) in [6.07, 6.45) is 2.69. The Morgan fingerprint density at radius 1 is 1.15 bits per heavy atom. The van der Waals surface area contributed by atoms with Crippen molar-refractivity contribution in [1.82, 2.24) is 9.80 Å². The summed E-state index contributed by atoms with van der Waals surface area (Å²) < 4.78 is 5.76. The third-order valence-electron chi connectivity index (χ3n) is 5.97. The van der Waals surface area contributed by atoms with Gasteiger partial charge in [-0.2, -0.15) is 0 Å². The molecule has 0 radical (unpaired) electrons. The Bertz CT molecular complexity index is 805. The Kier molecular flexibility index (Phi) is 4.96. The van der Waals surface area contributed by atoms with Gasteiger partial charge in [-0.1, -0.05) is 18.2 Å². The highest BCUT2D eigenvalue weighted by Gasteiger charge is 2.30. The minimum absolute atomic E-state index is 0.0993. The lowest BCUT2D eigenvalue weighted by Gasteiger charge is -2.37. The summed E-state index contributed by atoms with van der Waals surface area (Å²) in [5.41, 5.74) is 3.34. The molecule has 0 aliphatic carbocycles. The summed E-state index contributed by atoms with van der Waals surface area (Å²) in [6, 6.07) is 11.3. The van der Waals surface area contributed by atoms with Crippen molar-refractivity contribution in [3.8, 4) is 0 Å². The van der Waals surface area contributed by atoms with Crippen molar-refractivity contribution in [1.29, 1.82) is 0 Å². The van der Waals surface area contributed by atoms with Gasteiger partial charge in [0.15, 0.2) is 0 Å². The van der Waals surface area contributed by atoms with E-state index >= 15 is 0 Å². The number of nitrogens with zero attached hydrogens (tertiary/aromatic N) is 3. The first-order valence-electron chi connectivity index (χ1n) is 9.99. The normalized spacial score (nSPS) is 20.4. The summed E-state index contributed by atoms with van der Waals surface area (Å²) in [4.78, 5) is 19.8. The molecule has 0 spiro atoms. The van der Waals surface area contributed by atoms with Crippen LogP contribution in [0.25, 0.3) is 0 Å². The number of piperazine rings is 1. The Balaban J connectivity index is 1.48. The number of furan rings is 1. The summed E-state index contributed by atoms with van der Waals surface area (Å²) in [6.45, 7) is 10.7. The number of carbonyl (C=O) groups is 1. The molecule has 1 aromatic heterocycles. The number of amides is 1. The first-order valence-corrected chi connectivity index (χ1v) is 9.99. The van der Waals surface area contributed by atoms with Gasteiger partial charge in [-0.05, 0) is 44.9 Å². The zero-order valence-corrected chi connectivity index (χ0v) is 16.5. The minimum atomic E-state index is 0.0993. The van der Waals surface area contributed by atoms with Crippen LogP contribution in [0.5, 0.6) is 0 Å². The standard InChI is InChI=1S/C22H29N3O2/c1-16(2)23-9-11-24(12-10-23)22(26)19-8-13-27-21(19)15-25-17(3)14-18-6-4-5-7-20(18)25/h4-8,13,16-17H,9-12,14-15H2,1-3H3. The average molecular weight is 367 g/mol. The predicted molar refractivity (Wildman–Crippen MR) is 107 cm³/mol. The van der Waals surface area contributed by atoms with Gasteiger partial charge >= 0.3 is 0 Å². The van der Waals surface area contributed by atoms with Gasteiger partial charge in [0.1, 0.15) is 5.76 Å². The Morgan fingerprint density at radius 3 is 2.63 bits per heavy atom. The van der Waals surface area contributed by atoms with Crippen molar-refractivity contribution < 1.29 is 9.21 Å². The van der Waals surface area contributed by atoms with Crippen molar-refractivity contribution in [3.05, 3.63) is 53.5 Å². The van der Waals surface area contributed by atoms with Gasteiger partial charge in [0.05, 0.1) is 18.4 Å². The van der Waals surface area contributed by atoms with Gasteiger partial charge in [0.2, 0.25) is 0 Å². The van der Waals surface area contributed by atoms with E-state index in [9.17, 15) is 4.79 Å². The zero-order chi connectivity index (χ0) is 19.0. The van der Waals surface area contributed by atoms with E-state index in [1.165, 1.54) is 11.3 Å². The monoisotopic (exact) mass is 367 g/mol. The quantitative estimate of drug-likeness (QED) is 0.830. The maximum atomic E-state index is 13.1. The number of benzene rings is 1. The third kappa shape index (κ3) is 3.48. The number of hydrogen-bond acceptors (Lipinski definition) is 4. The van der Waals surface area contributed by atoms with E-state index in [-0.39, 0.29) is 5.91 Å². The lowest BCUT2D eigenvalue weighted by molar-refractivity contribution is 0.0593. The lowest BCUT2D eigenvalue weighted by atomic mass is 10.1. The molecule has 2 aliphatic heterocycles. The van der Waals surface area contributed by atoms with E-state index < -0.39 is 0 Å². The van der Waals surface area contributed by atoms with Crippen LogP contribution in [-0.4, -0.2) is 54.0 Å². The highest BCUT2D eigenvalue weighted by Crippen LogP contribution is 2.33. The van der Waals surface area contributed by atoms with Crippen LogP contribution in [0.4, 0.5) is 5.69 Å². The maximum absolute atomic E-state index is 13.1. The molecule has 2 aliphatic rings. The molecular weight excluding hydrogens is 338 g/mol. The molecule has 1 unspecified atom stereocenters. The van der Waals surface area contributed by atoms with Crippen LogP contribution in [0.2, 0.25) is 0 Å². The molecule has 0 saturated carbocycles. The fourth-order valence-electron chi connectivity index (χ4n) is 4.29. The fourth-order valence-corrected chi connectivity index (χ4v) is 4.29. The minimum Gasteiger partial charge on any atom is -0.467 e. The van der Waals surface area contributed by atoms with E-state index in [1.807, 2.05) is 11.0 Å². The molecule has 3 heterocycles. The van der Waals surface area contributed by atoms with E-state index in [1.54, 1.807) is 6.26 Å². The third-order valence-corrected chi connectivity index (χ3v) is 5.97. The Hall–Kier alpha value is -2.27. The number of fused-ring (bicyclic) bond motifs is 1. The number of carbonyl (C=O) groups excluding carboxylic acids is 1. The average Bonchev–Trinajstić information content (AvgIpc) is 3.26. The molecule has 0 bridgehead atoms. The summed E-state index contributed by atoms with van der Waals surface area (Å²) in [7, 11) is 0. The summed E-state index contributed by atoms with van der Waals surface area (Å²) in [5, 5.41) is 0. The lowest BCUT2D eigenvalue weighted by Crippen LogP contribution is -2.50. The van der Waals surface area contributed by atoms with Crippen LogP contribution in [0.3, 0.4) is 0 Å². The molecule has 27 heavy (non-hydrogen) atoms. The molecule has 1 aromatic carbocycles. The van der Waals surface area contributed by atoms with Gasteiger partial charge in [-0.25, -0.2) is 0 Å². The number of para-hydroxylation sites is 1. The van der Waals surface area contributed by atoms with Gasteiger partial charge in [-0.3, -0.25) is 9.69 Å². The van der Waals surface area contributed by atoms with Gasteiger partial charge in [-0.15, -0.1) is 0 Å². The van der Waals surface area contributed by atoms with Crippen molar-refractivity contribution in [2.24, 2.45) is 0 Å². The second-order valence-corrected chi connectivity index (χ2v) is 7.99. The first kappa shape index (κ1) is 18.1. The molecule has 1 atom stereocenters. The molecule has 1 fully saturated rings. The van der Waals surface area contributed by atoms with Crippen molar-refractivity contribution in [2.75, 3.05) is 31.1 Å². The van der Waals surface area contributed by atoms with Crippen LogP contribution in [0.1, 0.15) is 42.5 Å². The summed E-state index contributed by atoms with van der Waals surface area (Å²) >= 11 is 0. The SMILES string of the molecule is CC(C)N1CCN(C(=O)c2ccoc2CN2c3ccccc3CC2C)CC1. The van der Waals surface area contributed by atoms with E-state index in [4.69, 9.17) is 4.42 Å². The molecule has 1 saturated heterocycles. The first-order chi connectivity index (χ1) is 13.0. The van der Waals surface area contributed by atoms with Crippen LogP contribution in [-0.2, 0) is 13.0 Å². The van der Waals surface area contributed by atoms with Crippen molar-refractivity contribution in [3.63, 3.8) is 0 Å². The molecule has 1 amide bonds. The fraction of sp³-hybridized carbons (Fsp3) is 0.500. The Morgan fingerprint density at radius 2 is 1.89 bits per heavy atom. The topological polar surface area (TPSA) is 39.9 Å². The molecule has 4 rings (SSSR count). The van der Waals surface area contributed by atoms with Crippen LogP contribution in [0, 0.1) is 0 Å². The Labute approximate surface area is 161 Å².